The number of hydrogen-bond acceptors (Lipinski definition) is 4. The maximum absolute atomic E-state index is 5.93. The predicted molar refractivity (Wildman–Crippen MR) is 91.1 cm³/mol. The highest BCUT2D eigenvalue weighted by Gasteiger charge is 2.05. The smallest absolute Gasteiger partial charge is 0.180 e. The first-order valence-corrected chi connectivity index (χ1v) is 7.61. The van der Waals surface area contributed by atoms with Crippen molar-refractivity contribution in [3.8, 4) is 5.75 Å². The molecule has 0 unspecified atom stereocenters. The number of thiocarbonyl (C=S) groups is 1. The Hall–Kier alpha value is -1.47. The molecule has 0 fully saturated rings. The van der Waals surface area contributed by atoms with Crippen molar-refractivity contribution < 1.29 is 9.15 Å². The normalized spacial score (nSPS) is 10.3. The van der Waals surface area contributed by atoms with Gasteiger partial charge in [-0.2, -0.15) is 0 Å². The SMILES string of the molecule is CNC(=S)NNCc1ccc(COc2ccc(Cl)c(Cl)c2)o1. The third-order valence-corrected chi connectivity index (χ3v) is 3.73. The third kappa shape index (κ3) is 5.06. The summed E-state index contributed by atoms with van der Waals surface area (Å²) < 4.78 is 11.2. The predicted octanol–water partition coefficient (Wildman–Crippen LogP) is 3.26. The second-order valence-electron chi connectivity index (χ2n) is 4.29. The van der Waals surface area contributed by atoms with Gasteiger partial charge < -0.3 is 14.5 Å². The van der Waals surface area contributed by atoms with E-state index < -0.39 is 0 Å². The van der Waals surface area contributed by atoms with Crippen molar-refractivity contribution in [1.29, 1.82) is 0 Å². The van der Waals surface area contributed by atoms with Gasteiger partial charge in [0.15, 0.2) is 5.11 Å². The van der Waals surface area contributed by atoms with Gasteiger partial charge in [-0.3, -0.25) is 5.43 Å². The molecule has 0 atom stereocenters. The first kappa shape index (κ1) is 16.9. The van der Waals surface area contributed by atoms with Crippen LogP contribution in [0.1, 0.15) is 11.5 Å². The highest BCUT2D eigenvalue weighted by molar-refractivity contribution is 7.80. The number of hydrazine groups is 1. The Morgan fingerprint density at radius 1 is 1.18 bits per heavy atom. The summed E-state index contributed by atoms with van der Waals surface area (Å²) in [5.74, 6) is 2.10. The van der Waals surface area contributed by atoms with Crippen LogP contribution in [0.4, 0.5) is 0 Å². The summed E-state index contributed by atoms with van der Waals surface area (Å²) in [6.45, 7) is 0.801. The molecule has 1 aromatic heterocycles. The van der Waals surface area contributed by atoms with Gasteiger partial charge in [0.05, 0.1) is 16.6 Å². The van der Waals surface area contributed by atoms with Gasteiger partial charge in [0.2, 0.25) is 0 Å². The number of hydrogen-bond donors (Lipinski definition) is 3. The Morgan fingerprint density at radius 3 is 2.68 bits per heavy atom. The van der Waals surface area contributed by atoms with Crippen molar-refractivity contribution in [2.75, 3.05) is 7.05 Å². The van der Waals surface area contributed by atoms with Gasteiger partial charge in [-0.1, -0.05) is 23.2 Å². The molecule has 0 aliphatic rings. The van der Waals surface area contributed by atoms with Crippen molar-refractivity contribution in [3.63, 3.8) is 0 Å². The molecule has 0 saturated heterocycles. The van der Waals surface area contributed by atoms with E-state index in [1.165, 1.54) is 0 Å². The largest absolute Gasteiger partial charge is 0.486 e. The van der Waals surface area contributed by atoms with Crippen molar-refractivity contribution in [3.05, 3.63) is 51.9 Å². The number of nitrogens with one attached hydrogen (secondary N) is 3. The van der Waals surface area contributed by atoms with Crippen molar-refractivity contribution in [1.82, 2.24) is 16.2 Å². The molecule has 0 bridgehead atoms. The zero-order valence-electron chi connectivity index (χ0n) is 11.8. The lowest BCUT2D eigenvalue weighted by atomic mass is 10.3. The lowest BCUT2D eigenvalue weighted by Crippen LogP contribution is -2.41. The minimum absolute atomic E-state index is 0.306. The minimum Gasteiger partial charge on any atom is -0.486 e. The second-order valence-corrected chi connectivity index (χ2v) is 5.51. The fourth-order valence-corrected chi connectivity index (χ4v) is 1.95. The summed E-state index contributed by atoms with van der Waals surface area (Å²) in [6, 6.07) is 8.82. The molecule has 8 heteroatoms. The summed E-state index contributed by atoms with van der Waals surface area (Å²) in [5, 5.41) is 4.25. The van der Waals surface area contributed by atoms with E-state index in [1.807, 2.05) is 12.1 Å². The minimum atomic E-state index is 0.306. The molecule has 0 aliphatic carbocycles. The first-order valence-electron chi connectivity index (χ1n) is 6.44. The molecule has 22 heavy (non-hydrogen) atoms. The second kappa shape index (κ2) is 8.24. The number of furan rings is 1. The van der Waals surface area contributed by atoms with Crippen LogP contribution in [0.5, 0.6) is 5.75 Å². The van der Waals surface area contributed by atoms with Crippen LogP contribution in [0.2, 0.25) is 10.0 Å². The van der Waals surface area contributed by atoms with Crippen LogP contribution in [0, 0.1) is 0 Å². The van der Waals surface area contributed by atoms with Crippen molar-refractivity contribution in [2.45, 2.75) is 13.2 Å². The van der Waals surface area contributed by atoms with Gasteiger partial charge in [0.1, 0.15) is 23.9 Å². The molecular formula is C14H15Cl2N3O2S. The Balaban J connectivity index is 1.81. The molecular weight excluding hydrogens is 345 g/mol. The molecule has 0 radical (unpaired) electrons. The van der Waals surface area contributed by atoms with E-state index in [2.05, 4.69) is 16.2 Å². The van der Waals surface area contributed by atoms with Gasteiger partial charge in [-0.05, 0) is 36.5 Å². The molecule has 2 rings (SSSR count). The Kier molecular flexibility index (Phi) is 6.33. The van der Waals surface area contributed by atoms with E-state index in [4.69, 9.17) is 44.6 Å². The molecule has 1 aromatic carbocycles. The quantitative estimate of drug-likeness (QED) is 0.543. The maximum Gasteiger partial charge on any atom is 0.180 e. The van der Waals surface area contributed by atoms with Crippen LogP contribution in [-0.2, 0) is 13.2 Å². The van der Waals surface area contributed by atoms with Gasteiger partial charge >= 0.3 is 0 Å². The van der Waals surface area contributed by atoms with Crippen LogP contribution in [0.3, 0.4) is 0 Å². The number of ether oxygens (including phenoxy) is 1. The summed E-state index contributed by atoms with van der Waals surface area (Å²) in [5.41, 5.74) is 5.74. The first-order chi connectivity index (χ1) is 10.6. The zero-order chi connectivity index (χ0) is 15.9. The average molecular weight is 360 g/mol. The molecule has 2 aromatic rings. The molecule has 5 nitrogen and oxygen atoms in total. The van der Waals surface area contributed by atoms with Crippen LogP contribution in [0.25, 0.3) is 0 Å². The van der Waals surface area contributed by atoms with Crippen LogP contribution in [0.15, 0.2) is 34.7 Å². The van der Waals surface area contributed by atoms with E-state index >= 15 is 0 Å². The van der Waals surface area contributed by atoms with E-state index in [1.54, 1.807) is 25.2 Å². The standard InChI is InChI=1S/C14H15Cl2N3O2S/c1-17-14(22)19-18-7-10-2-3-11(21-10)8-20-9-4-5-12(15)13(16)6-9/h2-6,18H,7-8H2,1H3,(H2,17,19,22). The summed E-state index contributed by atoms with van der Waals surface area (Å²) in [4.78, 5) is 0. The third-order valence-electron chi connectivity index (χ3n) is 2.68. The summed E-state index contributed by atoms with van der Waals surface area (Å²) in [7, 11) is 1.74. The summed E-state index contributed by atoms with van der Waals surface area (Å²) >= 11 is 16.7. The highest BCUT2D eigenvalue weighted by Crippen LogP contribution is 2.26. The molecule has 0 saturated carbocycles. The van der Waals surface area contributed by atoms with Gasteiger partial charge in [0.25, 0.3) is 0 Å². The summed E-state index contributed by atoms with van der Waals surface area (Å²) in [6.07, 6.45) is 0. The van der Waals surface area contributed by atoms with Crippen molar-refractivity contribution in [2.24, 2.45) is 0 Å². The van der Waals surface area contributed by atoms with Crippen LogP contribution < -0.4 is 20.9 Å². The zero-order valence-corrected chi connectivity index (χ0v) is 14.1. The molecule has 0 aliphatic heterocycles. The molecule has 118 valence electrons. The van der Waals surface area contributed by atoms with Gasteiger partial charge in [-0.25, -0.2) is 5.43 Å². The highest BCUT2D eigenvalue weighted by atomic mass is 35.5. The Bertz CT molecular complexity index is 649. The van der Waals surface area contributed by atoms with Gasteiger partial charge in [-0.15, -0.1) is 0 Å². The lowest BCUT2D eigenvalue weighted by Gasteiger charge is -2.07. The molecule has 0 spiro atoms. The number of benzene rings is 1. The Morgan fingerprint density at radius 2 is 1.95 bits per heavy atom. The monoisotopic (exact) mass is 359 g/mol. The van der Waals surface area contributed by atoms with Crippen LogP contribution in [-0.4, -0.2) is 12.2 Å². The van der Waals surface area contributed by atoms with Gasteiger partial charge in [0, 0.05) is 13.1 Å². The number of halogens is 2. The average Bonchev–Trinajstić information content (AvgIpc) is 2.96. The number of rotatable bonds is 6. The van der Waals surface area contributed by atoms with Crippen molar-refractivity contribution >= 4 is 40.5 Å². The molecule has 0 amide bonds. The maximum atomic E-state index is 5.93. The molecule has 1 heterocycles. The van der Waals surface area contributed by atoms with E-state index in [0.717, 1.165) is 5.76 Å². The fourth-order valence-electron chi connectivity index (χ4n) is 1.59. The lowest BCUT2D eigenvalue weighted by molar-refractivity contribution is 0.265. The topological polar surface area (TPSA) is 58.5 Å². The van der Waals surface area contributed by atoms with E-state index in [9.17, 15) is 0 Å². The fraction of sp³-hybridized carbons (Fsp3) is 0.214. The van der Waals surface area contributed by atoms with Crippen LogP contribution >= 0.6 is 35.4 Å². The van der Waals surface area contributed by atoms with E-state index in [0.29, 0.717) is 39.8 Å². The van der Waals surface area contributed by atoms with E-state index in [-0.39, 0.29) is 0 Å². The Labute approximate surface area is 143 Å². The molecule has 3 N–H and O–H groups in total.